The van der Waals surface area contributed by atoms with E-state index in [9.17, 15) is 0 Å². The van der Waals surface area contributed by atoms with Crippen molar-refractivity contribution < 1.29 is 0 Å². The largest absolute Gasteiger partial charge is 0.289 e. The van der Waals surface area contributed by atoms with E-state index in [1.54, 1.807) is 0 Å². The average molecular weight is 299 g/mol. The molecule has 0 fully saturated rings. The molecule has 4 rings (SSSR count). The molecule has 0 N–H and O–H groups in total. The van der Waals surface area contributed by atoms with Crippen LogP contribution in [-0.2, 0) is 6.42 Å². The fourth-order valence-electron chi connectivity index (χ4n) is 3.73. The van der Waals surface area contributed by atoms with Gasteiger partial charge in [-0.05, 0) is 48.1 Å². The maximum absolute atomic E-state index is 4.75. The molecule has 0 saturated carbocycles. The van der Waals surface area contributed by atoms with Gasteiger partial charge in [0, 0.05) is 12.1 Å². The Hall–Kier alpha value is -2.41. The van der Waals surface area contributed by atoms with Crippen LogP contribution in [0.4, 0.5) is 0 Å². The Kier molecular flexibility index (Phi) is 3.70. The van der Waals surface area contributed by atoms with Crippen LogP contribution >= 0.6 is 0 Å². The molecule has 1 aliphatic carbocycles. The molecule has 1 heterocycles. The van der Waals surface area contributed by atoms with E-state index in [-0.39, 0.29) is 0 Å². The zero-order valence-corrected chi connectivity index (χ0v) is 13.4. The lowest BCUT2D eigenvalue weighted by Crippen LogP contribution is -2.19. The molecule has 0 amide bonds. The van der Waals surface area contributed by atoms with Crippen LogP contribution in [0.3, 0.4) is 0 Å². The molecule has 2 aromatic rings. The van der Waals surface area contributed by atoms with Crippen molar-refractivity contribution in [3.8, 4) is 0 Å². The van der Waals surface area contributed by atoms with E-state index in [0.717, 1.165) is 12.8 Å². The van der Waals surface area contributed by atoms with Crippen LogP contribution in [0.1, 0.15) is 28.7 Å². The normalized spacial score (nSPS) is 24.1. The first kappa shape index (κ1) is 14.2. The molecule has 2 atom stereocenters. The molecule has 1 aliphatic heterocycles. The number of hydrogen-bond donors (Lipinski definition) is 0. The Morgan fingerprint density at radius 3 is 2.91 bits per heavy atom. The molecule has 1 heteroatoms. The van der Waals surface area contributed by atoms with Gasteiger partial charge in [-0.25, -0.2) is 0 Å². The first-order chi connectivity index (χ1) is 11.3. The highest BCUT2D eigenvalue weighted by molar-refractivity contribution is 5.87. The summed E-state index contributed by atoms with van der Waals surface area (Å²) in [5.41, 5.74) is 6.82. The number of aryl methyl sites for hydroxylation is 2. The minimum atomic E-state index is 0.364. The number of fused-ring (bicyclic) bond motifs is 2. The number of nitrogens with zero attached hydrogens (tertiary/aromatic N) is 1. The molecule has 2 aromatic carbocycles. The summed E-state index contributed by atoms with van der Waals surface area (Å²) >= 11 is 0. The summed E-state index contributed by atoms with van der Waals surface area (Å²) in [6.07, 6.45) is 11.0. The van der Waals surface area contributed by atoms with Gasteiger partial charge in [0.1, 0.15) is 0 Å². The van der Waals surface area contributed by atoms with Crippen molar-refractivity contribution in [3.63, 3.8) is 0 Å². The Morgan fingerprint density at radius 2 is 2.00 bits per heavy atom. The second kappa shape index (κ2) is 6.00. The van der Waals surface area contributed by atoms with Crippen LogP contribution in [0.15, 0.2) is 65.7 Å². The minimum Gasteiger partial charge on any atom is -0.289 e. The number of rotatable bonds is 1. The van der Waals surface area contributed by atoms with Crippen LogP contribution < -0.4 is 0 Å². The van der Waals surface area contributed by atoms with E-state index in [1.807, 2.05) is 6.21 Å². The summed E-state index contributed by atoms with van der Waals surface area (Å²) in [6.45, 7) is 2.15. The first-order valence-electron chi connectivity index (χ1n) is 8.38. The fraction of sp³-hybridized carbons (Fsp3) is 0.227. The van der Waals surface area contributed by atoms with Crippen molar-refractivity contribution in [2.75, 3.05) is 0 Å². The third kappa shape index (κ3) is 2.79. The second-order valence-electron chi connectivity index (χ2n) is 6.49. The predicted octanol–water partition coefficient (Wildman–Crippen LogP) is 5.11. The lowest BCUT2D eigenvalue weighted by atomic mass is 9.85. The van der Waals surface area contributed by atoms with Crippen molar-refractivity contribution in [1.82, 2.24) is 0 Å². The SMILES string of the molecule is Cc1cccc(/C=C2\c3ccccc3CCC3N=CC=CC23)c1. The maximum atomic E-state index is 4.75. The summed E-state index contributed by atoms with van der Waals surface area (Å²) in [6, 6.07) is 17.9. The van der Waals surface area contributed by atoms with Crippen LogP contribution in [0.25, 0.3) is 11.6 Å². The standard InChI is InChI=1S/C22H21N/c1-16-6-4-7-17(14-16)15-21-19-9-3-2-8-18(19)11-12-22-20(21)10-5-13-23-22/h2-10,13-15,20,22H,11-12H2,1H3/b21-15+. The molecule has 2 unspecified atom stereocenters. The zero-order chi connectivity index (χ0) is 15.6. The molecular weight excluding hydrogens is 278 g/mol. The lowest BCUT2D eigenvalue weighted by Gasteiger charge is -2.24. The smallest absolute Gasteiger partial charge is 0.0606 e. The predicted molar refractivity (Wildman–Crippen MR) is 98.7 cm³/mol. The lowest BCUT2D eigenvalue weighted by molar-refractivity contribution is 0.562. The van der Waals surface area contributed by atoms with Crippen LogP contribution in [0.5, 0.6) is 0 Å². The van der Waals surface area contributed by atoms with Gasteiger partial charge >= 0.3 is 0 Å². The molecule has 0 spiro atoms. The highest BCUT2D eigenvalue weighted by Gasteiger charge is 2.28. The van der Waals surface area contributed by atoms with Gasteiger partial charge in [-0.15, -0.1) is 0 Å². The highest BCUT2D eigenvalue weighted by atomic mass is 14.8. The summed E-state index contributed by atoms with van der Waals surface area (Å²) in [4.78, 5) is 4.75. The molecule has 0 aromatic heterocycles. The van der Waals surface area contributed by atoms with Crippen molar-refractivity contribution in [3.05, 3.63) is 82.9 Å². The molecule has 23 heavy (non-hydrogen) atoms. The van der Waals surface area contributed by atoms with Gasteiger partial charge in [-0.2, -0.15) is 0 Å². The fourth-order valence-corrected chi connectivity index (χ4v) is 3.73. The van der Waals surface area contributed by atoms with E-state index in [1.165, 1.54) is 27.8 Å². The van der Waals surface area contributed by atoms with Gasteiger partial charge in [-0.3, -0.25) is 4.99 Å². The van der Waals surface area contributed by atoms with Crippen molar-refractivity contribution in [1.29, 1.82) is 0 Å². The van der Waals surface area contributed by atoms with E-state index in [2.05, 4.69) is 73.7 Å². The van der Waals surface area contributed by atoms with E-state index < -0.39 is 0 Å². The third-order valence-electron chi connectivity index (χ3n) is 4.86. The highest BCUT2D eigenvalue weighted by Crippen LogP contribution is 2.38. The molecular formula is C22H21N. The van der Waals surface area contributed by atoms with Gasteiger partial charge in [0.2, 0.25) is 0 Å². The number of hydrogen-bond acceptors (Lipinski definition) is 1. The number of aliphatic imine (C=N–C) groups is 1. The summed E-state index contributed by atoms with van der Waals surface area (Å²) in [5, 5.41) is 0. The monoisotopic (exact) mass is 299 g/mol. The first-order valence-corrected chi connectivity index (χ1v) is 8.38. The second-order valence-corrected chi connectivity index (χ2v) is 6.49. The van der Waals surface area contributed by atoms with Crippen molar-refractivity contribution in [2.24, 2.45) is 10.9 Å². The molecule has 2 aliphatic rings. The van der Waals surface area contributed by atoms with Gasteiger partial charge in [0.05, 0.1) is 6.04 Å². The molecule has 114 valence electrons. The number of benzene rings is 2. The summed E-state index contributed by atoms with van der Waals surface area (Å²) in [7, 11) is 0. The van der Waals surface area contributed by atoms with Crippen LogP contribution in [-0.4, -0.2) is 12.3 Å². The molecule has 1 nitrogen and oxygen atoms in total. The van der Waals surface area contributed by atoms with Crippen LogP contribution in [0.2, 0.25) is 0 Å². The molecule has 0 bridgehead atoms. The minimum absolute atomic E-state index is 0.364. The Labute approximate surface area is 138 Å². The number of allylic oxidation sites excluding steroid dienone is 1. The van der Waals surface area contributed by atoms with Gasteiger partial charge in [-0.1, -0.05) is 66.2 Å². The van der Waals surface area contributed by atoms with Gasteiger partial charge in [0.15, 0.2) is 0 Å². The quantitative estimate of drug-likeness (QED) is 0.694. The Bertz CT molecular complexity index is 810. The molecule has 0 saturated heterocycles. The zero-order valence-electron chi connectivity index (χ0n) is 13.4. The van der Waals surface area contributed by atoms with Crippen molar-refractivity contribution in [2.45, 2.75) is 25.8 Å². The third-order valence-corrected chi connectivity index (χ3v) is 4.86. The topological polar surface area (TPSA) is 12.4 Å². The summed E-state index contributed by atoms with van der Waals surface area (Å²) < 4.78 is 0. The maximum Gasteiger partial charge on any atom is 0.0606 e. The van der Waals surface area contributed by atoms with E-state index in [0.29, 0.717) is 12.0 Å². The van der Waals surface area contributed by atoms with E-state index in [4.69, 9.17) is 4.99 Å². The summed E-state index contributed by atoms with van der Waals surface area (Å²) in [5.74, 6) is 0.379. The van der Waals surface area contributed by atoms with Crippen LogP contribution in [0, 0.1) is 12.8 Å². The molecule has 0 radical (unpaired) electrons. The average Bonchev–Trinajstić information content (AvgIpc) is 2.73. The number of dihydropyridines is 1. The van der Waals surface area contributed by atoms with Gasteiger partial charge < -0.3 is 0 Å². The van der Waals surface area contributed by atoms with Crippen molar-refractivity contribution >= 4 is 17.9 Å². The Balaban J connectivity index is 1.88. The Morgan fingerprint density at radius 1 is 1.09 bits per heavy atom. The van der Waals surface area contributed by atoms with Gasteiger partial charge in [0.25, 0.3) is 0 Å². The van der Waals surface area contributed by atoms with E-state index >= 15 is 0 Å².